The number of fused-ring (bicyclic) bond motifs is 2. The van der Waals surface area contributed by atoms with Crippen molar-refractivity contribution in [1.82, 2.24) is 39.5 Å². The molecule has 13 heteroatoms. The number of carbonyl (C=O) groups is 1. The van der Waals surface area contributed by atoms with E-state index in [1.807, 2.05) is 12.1 Å². The van der Waals surface area contributed by atoms with Gasteiger partial charge in [-0.2, -0.15) is 10.1 Å². The standard InChI is InChI=1S/C26H22N10O3/c1-15(30-24(37)21-22(27)31-19-9-6-12-28-36(19)21)23-32-25-20(26(38)35(23)17-7-4-3-5-8-17)18(33-39-25)11-10-16-13-29-34(2)14-16/h3-9,13-15,28H,12,27H2,1-2H3,(H,30,37). The topological polar surface area (TPSA) is 164 Å². The zero-order chi connectivity index (χ0) is 27.1. The molecule has 4 aromatic heterocycles. The van der Waals surface area contributed by atoms with Gasteiger partial charge in [0.2, 0.25) is 0 Å². The molecule has 13 nitrogen and oxygen atoms in total. The minimum Gasteiger partial charge on any atom is -0.382 e. The van der Waals surface area contributed by atoms with Crippen molar-refractivity contribution in [2.75, 3.05) is 17.7 Å². The van der Waals surface area contributed by atoms with Gasteiger partial charge in [0.1, 0.15) is 11.2 Å². The second-order valence-electron chi connectivity index (χ2n) is 8.81. The first-order chi connectivity index (χ1) is 18.9. The molecule has 0 bridgehead atoms. The van der Waals surface area contributed by atoms with Crippen molar-refractivity contribution in [2.24, 2.45) is 7.05 Å². The van der Waals surface area contributed by atoms with Gasteiger partial charge in [0.25, 0.3) is 17.2 Å². The second kappa shape index (κ2) is 9.34. The number of para-hydroxylation sites is 1. The summed E-state index contributed by atoms with van der Waals surface area (Å²) in [5.74, 6) is 6.15. The molecule has 1 unspecified atom stereocenters. The maximum absolute atomic E-state index is 13.9. The fourth-order valence-electron chi connectivity index (χ4n) is 4.32. The van der Waals surface area contributed by atoms with E-state index in [0.717, 1.165) is 0 Å². The lowest BCUT2D eigenvalue weighted by atomic mass is 10.2. The van der Waals surface area contributed by atoms with Gasteiger partial charge in [0.15, 0.2) is 23.0 Å². The van der Waals surface area contributed by atoms with Crippen LogP contribution in [-0.2, 0) is 7.05 Å². The summed E-state index contributed by atoms with van der Waals surface area (Å²) in [6.07, 6.45) is 6.99. The van der Waals surface area contributed by atoms with E-state index in [1.165, 1.54) is 9.24 Å². The summed E-state index contributed by atoms with van der Waals surface area (Å²) in [6.45, 7) is 2.23. The van der Waals surface area contributed by atoms with Crippen molar-refractivity contribution in [2.45, 2.75) is 13.0 Å². The van der Waals surface area contributed by atoms with E-state index in [0.29, 0.717) is 23.6 Å². The number of benzene rings is 1. The molecule has 5 heterocycles. The number of nitrogens with one attached hydrogen (secondary N) is 2. The Labute approximate surface area is 220 Å². The SMILES string of the molecule is CC(NC(=O)c1c(N)nc2n1NCC=C2)c1nc2onc(C#Cc3cnn(C)c3)c2c(=O)n1-c1ccccc1. The molecule has 39 heavy (non-hydrogen) atoms. The Balaban J connectivity index is 1.43. The molecule has 1 atom stereocenters. The number of imidazole rings is 1. The molecule has 0 aliphatic carbocycles. The Morgan fingerprint density at radius 1 is 1.23 bits per heavy atom. The van der Waals surface area contributed by atoms with Crippen LogP contribution >= 0.6 is 0 Å². The van der Waals surface area contributed by atoms with Gasteiger partial charge < -0.3 is 21.0 Å². The number of carbonyl (C=O) groups excluding carboxylic acids is 1. The van der Waals surface area contributed by atoms with E-state index in [1.54, 1.807) is 61.4 Å². The molecule has 6 rings (SSSR count). The number of nitrogens with two attached hydrogens (primary N) is 1. The van der Waals surface area contributed by atoms with Crippen molar-refractivity contribution in [3.05, 3.63) is 87.8 Å². The summed E-state index contributed by atoms with van der Waals surface area (Å²) in [5, 5.41) is 11.1. The number of anilines is 1. The zero-order valence-corrected chi connectivity index (χ0v) is 20.9. The van der Waals surface area contributed by atoms with Gasteiger partial charge in [-0.3, -0.25) is 18.8 Å². The van der Waals surface area contributed by atoms with Crippen LogP contribution in [0.1, 0.15) is 46.4 Å². The zero-order valence-electron chi connectivity index (χ0n) is 20.9. The lowest BCUT2D eigenvalue weighted by Crippen LogP contribution is -2.35. The second-order valence-corrected chi connectivity index (χ2v) is 8.81. The maximum atomic E-state index is 13.9. The first kappa shape index (κ1) is 23.7. The van der Waals surface area contributed by atoms with Crippen molar-refractivity contribution >= 4 is 28.9 Å². The van der Waals surface area contributed by atoms with Crippen LogP contribution in [0.2, 0.25) is 0 Å². The number of nitrogen functional groups attached to an aromatic ring is 1. The highest BCUT2D eigenvalue weighted by Gasteiger charge is 2.27. The van der Waals surface area contributed by atoms with E-state index >= 15 is 0 Å². The van der Waals surface area contributed by atoms with Gasteiger partial charge in [0.05, 0.1) is 23.5 Å². The van der Waals surface area contributed by atoms with Gasteiger partial charge in [-0.05, 0) is 31.1 Å². The Morgan fingerprint density at radius 2 is 2.05 bits per heavy atom. The van der Waals surface area contributed by atoms with Crippen molar-refractivity contribution in [3.8, 4) is 17.5 Å². The Bertz CT molecular complexity index is 1880. The van der Waals surface area contributed by atoms with Crippen LogP contribution < -0.4 is 22.0 Å². The van der Waals surface area contributed by atoms with Crippen LogP contribution in [0.3, 0.4) is 0 Å². The number of aryl methyl sites for hydroxylation is 1. The highest BCUT2D eigenvalue weighted by atomic mass is 16.5. The highest BCUT2D eigenvalue weighted by Crippen LogP contribution is 2.22. The van der Waals surface area contributed by atoms with Crippen molar-refractivity contribution < 1.29 is 9.32 Å². The van der Waals surface area contributed by atoms with Gasteiger partial charge in [-0.25, -0.2) is 9.66 Å². The largest absolute Gasteiger partial charge is 0.382 e. The molecule has 194 valence electrons. The Hall–Kier alpha value is -5.64. The summed E-state index contributed by atoms with van der Waals surface area (Å²) in [6, 6.07) is 8.23. The predicted molar refractivity (Wildman–Crippen MR) is 142 cm³/mol. The average Bonchev–Trinajstić information content (AvgIpc) is 3.63. The van der Waals surface area contributed by atoms with Crippen LogP contribution in [0.5, 0.6) is 0 Å². The summed E-state index contributed by atoms with van der Waals surface area (Å²) in [4.78, 5) is 36.0. The molecule has 0 radical (unpaired) electrons. The maximum Gasteiger partial charge on any atom is 0.274 e. The highest BCUT2D eigenvalue weighted by molar-refractivity contribution is 5.97. The third-order valence-electron chi connectivity index (χ3n) is 6.10. The summed E-state index contributed by atoms with van der Waals surface area (Å²) in [7, 11) is 1.78. The van der Waals surface area contributed by atoms with Crippen LogP contribution in [0.15, 0.2) is 58.1 Å². The fourth-order valence-corrected chi connectivity index (χ4v) is 4.32. The molecular formula is C26H22N10O3. The third kappa shape index (κ3) is 4.19. The van der Waals surface area contributed by atoms with E-state index < -0.39 is 17.5 Å². The molecule has 1 aromatic carbocycles. The van der Waals surface area contributed by atoms with Gasteiger partial charge in [-0.15, -0.1) is 0 Å². The first-order valence-corrected chi connectivity index (χ1v) is 12.0. The van der Waals surface area contributed by atoms with Gasteiger partial charge in [0, 0.05) is 19.8 Å². The summed E-state index contributed by atoms with van der Waals surface area (Å²) >= 11 is 0. The Kier molecular flexibility index (Phi) is 5.69. The number of hydrogen-bond acceptors (Lipinski definition) is 9. The number of nitrogens with zero attached hydrogens (tertiary/aromatic N) is 7. The lowest BCUT2D eigenvalue weighted by molar-refractivity contribution is 0.0930. The minimum atomic E-state index is -0.741. The normalized spacial score (nSPS) is 12.9. The molecule has 1 amide bonds. The number of hydrogen-bond donors (Lipinski definition) is 3. The van der Waals surface area contributed by atoms with Crippen LogP contribution in [0.25, 0.3) is 22.9 Å². The number of aromatic nitrogens is 7. The molecule has 0 saturated carbocycles. The summed E-state index contributed by atoms with van der Waals surface area (Å²) < 4.78 is 9.98. The molecule has 1 aliphatic rings. The third-order valence-corrected chi connectivity index (χ3v) is 6.10. The van der Waals surface area contributed by atoms with Gasteiger partial charge >= 0.3 is 0 Å². The van der Waals surface area contributed by atoms with Crippen LogP contribution in [-0.4, -0.2) is 46.6 Å². The van der Waals surface area contributed by atoms with E-state index in [9.17, 15) is 9.59 Å². The first-order valence-electron chi connectivity index (χ1n) is 12.0. The lowest BCUT2D eigenvalue weighted by Gasteiger charge is -2.20. The van der Waals surface area contributed by atoms with E-state index in [2.05, 4.69) is 42.8 Å². The van der Waals surface area contributed by atoms with E-state index in [-0.39, 0.29) is 34.1 Å². The van der Waals surface area contributed by atoms with Crippen LogP contribution in [0.4, 0.5) is 5.82 Å². The van der Waals surface area contributed by atoms with Gasteiger partial charge in [-0.1, -0.05) is 35.4 Å². The number of amides is 1. The minimum absolute atomic E-state index is 0.00631. The predicted octanol–water partition coefficient (Wildman–Crippen LogP) is 1.35. The van der Waals surface area contributed by atoms with Crippen LogP contribution in [0, 0.1) is 11.8 Å². The molecule has 0 saturated heterocycles. The molecular weight excluding hydrogens is 500 g/mol. The van der Waals surface area contributed by atoms with Crippen molar-refractivity contribution in [1.29, 1.82) is 0 Å². The number of rotatable bonds is 4. The molecule has 0 spiro atoms. The Morgan fingerprint density at radius 3 is 2.82 bits per heavy atom. The quantitative estimate of drug-likeness (QED) is 0.296. The fraction of sp³-hybridized carbons (Fsp3) is 0.154. The molecule has 4 N–H and O–H groups in total. The monoisotopic (exact) mass is 522 g/mol. The molecule has 1 aliphatic heterocycles. The molecule has 5 aromatic rings. The van der Waals surface area contributed by atoms with E-state index in [4.69, 9.17) is 10.3 Å². The smallest absolute Gasteiger partial charge is 0.274 e. The summed E-state index contributed by atoms with van der Waals surface area (Å²) in [5.41, 5.74) is 10.2. The molecule has 0 fully saturated rings. The average molecular weight is 523 g/mol. The van der Waals surface area contributed by atoms with Crippen molar-refractivity contribution in [3.63, 3.8) is 0 Å².